The number of likely N-dealkylation sites (N-methyl/N-ethyl adjacent to an activating group) is 1. The normalized spacial score (nSPS) is 22.8. The number of thioether (sulfide) groups is 1. The number of hydrogen-bond donors (Lipinski definition) is 4. The summed E-state index contributed by atoms with van der Waals surface area (Å²) in [6.45, 7) is 23.7. The Labute approximate surface area is 418 Å². The molecule has 0 radical (unpaired) electrons. The molecular weight excluding hydrogens is 945 g/mol. The number of hydrogen-bond acceptors (Lipinski definition) is 17. The zero-order valence-corrected chi connectivity index (χ0v) is 44.0. The summed E-state index contributed by atoms with van der Waals surface area (Å²) in [6, 6.07) is 0.638. The Hall–Kier alpha value is -4.97. The first-order valence-corrected chi connectivity index (χ1v) is 25.4. The van der Waals surface area contributed by atoms with E-state index in [4.69, 9.17) is 34.0 Å². The molecule has 3 aliphatic carbocycles. The molecule has 5 aliphatic rings. The number of imide groups is 1. The first-order chi connectivity index (χ1) is 32.4. The highest BCUT2D eigenvalue weighted by Gasteiger charge is 2.68. The molecule has 1 unspecified atom stereocenters. The maximum atomic E-state index is 15.1. The van der Waals surface area contributed by atoms with Gasteiger partial charge in [0.05, 0.1) is 23.3 Å². The molecule has 23 heteroatoms. The van der Waals surface area contributed by atoms with Crippen LogP contribution >= 0.6 is 23.1 Å². The summed E-state index contributed by atoms with van der Waals surface area (Å²) in [5.41, 5.74) is 2.42. The van der Waals surface area contributed by atoms with Crippen molar-refractivity contribution in [2.24, 2.45) is 23.0 Å². The lowest BCUT2D eigenvalue weighted by molar-refractivity contribution is -0.199. The lowest BCUT2D eigenvalue weighted by atomic mass is 9.43. The van der Waals surface area contributed by atoms with Crippen LogP contribution in [-0.4, -0.2) is 130 Å². The number of nitrogens with zero attached hydrogens (tertiary/aromatic N) is 3. The van der Waals surface area contributed by atoms with Gasteiger partial charge in [0, 0.05) is 42.2 Å². The van der Waals surface area contributed by atoms with Crippen LogP contribution in [-0.2, 0) is 44.3 Å². The van der Waals surface area contributed by atoms with Gasteiger partial charge in [0.25, 0.3) is 0 Å². The number of anilines is 1. The summed E-state index contributed by atoms with van der Waals surface area (Å²) in [5.74, 6) is -4.05. The SMILES string of the molecule is CCN1CCN(C(=O)NC(C(=O)N[C@@H](Cc2ccc(SCCN)c(C(=O)OC(C)(C)C)c2OC(=O)OC(C)(C)C)B2O[C@@H]3C[C@@H]4C[C@@H](C4(C)C)[C@]3(C)O2)c2csc(NC(=O)OC(C)(C)C)n2)C(=O)C1=O. The Morgan fingerprint density at radius 1 is 0.943 bits per heavy atom. The molecule has 2 saturated heterocycles. The Balaban J connectivity index is 1.44. The van der Waals surface area contributed by atoms with E-state index in [1.165, 1.54) is 22.0 Å². The number of amides is 6. The number of nitrogens with one attached hydrogen (secondary N) is 3. The Kier molecular flexibility index (Phi) is 16.0. The maximum absolute atomic E-state index is 15.1. The molecule has 1 aromatic carbocycles. The smallest absolute Gasteiger partial charge is 0.456 e. The second-order valence-corrected chi connectivity index (χ2v) is 23.7. The van der Waals surface area contributed by atoms with Crippen molar-refractivity contribution in [1.82, 2.24) is 25.4 Å². The number of esters is 1. The van der Waals surface area contributed by atoms with E-state index >= 15 is 4.79 Å². The molecule has 0 spiro atoms. The summed E-state index contributed by atoms with van der Waals surface area (Å²) in [7, 11) is -1.14. The van der Waals surface area contributed by atoms with Gasteiger partial charge in [0.2, 0.25) is 5.91 Å². The van der Waals surface area contributed by atoms with E-state index in [9.17, 15) is 28.8 Å². The van der Waals surface area contributed by atoms with Gasteiger partial charge < -0.3 is 49.5 Å². The molecule has 3 saturated carbocycles. The summed E-state index contributed by atoms with van der Waals surface area (Å²) in [5, 5.41) is 9.65. The van der Waals surface area contributed by atoms with Gasteiger partial charge in [-0.15, -0.1) is 23.1 Å². The molecular formula is C47H68BN7O13S2. The third-order valence-corrected chi connectivity index (χ3v) is 14.6. The van der Waals surface area contributed by atoms with Crippen molar-refractivity contribution in [1.29, 1.82) is 0 Å². The van der Waals surface area contributed by atoms with Crippen molar-refractivity contribution in [2.45, 2.75) is 155 Å². The third kappa shape index (κ3) is 12.4. The van der Waals surface area contributed by atoms with Gasteiger partial charge in [-0.05, 0) is 124 Å². The van der Waals surface area contributed by atoms with Crippen LogP contribution in [0.5, 0.6) is 5.75 Å². The molecule has 3 heterocycles. The van der Waals surface area contributed by atoms with E-state index in [0.29, 0.717) is 23.0 Å². The number of urea groups is 1. The van der Waals surface area contributed by atoms with Gasteiger partial charge >= 0.3 is 43.2 Å². The van der Waals surface area contributed by atoms with Crippen LogP contribution in [0.3, 0.4) is 0 Å². The second kappa shape index (κ2) is 20.6. The fraction of sp³-hybridized carbons (Fsp3) is 0.660. The number of nitrogens with two attached hydrogens (primary N) is 1. The number of rotatable bonds is 14. The summed E-state index contributed by atoms with van der Waals surface area (Å²) < 4.78 is 36.6. The third-order valence-electron chi connectivity index (χ3n) is 12.7. The number of thiazole rings is 1. The highest BCUT2D eigenvalue weighted by atomic mass is 32.2. The highest BCUT2D eigenvalue weighted by molar-refractivity contribution is 7.99. The summed E-state index contributed by atoms with van der Waals surface area (Å²) in [6.07, 6.45) is -0.855. The summed E-state index contributed by atoms with van der Waals surface area (Å²) >= 11 is 2.20. The van der Waals surface area contributed by atoms with Crippen molar-refractivity contribution in [3.63, 3.8) is 0 Å². The van der Waals surface area contributed by atoms with E-state index in [2.05, 4.69) is 34.8 Å². The second-order valence-electron chi connectivity index (χ2n) is 21.7. The van der Waals surface area contributed by atoms with Crippen LogP contribution in [0.1, 0.15) is 131 Å². The maximum Gasteiger partial charge on any atom is 0.514 e. The van der Waals surface area contributed by atoms with Gasteiger partial charge in [0.15, 0.2) is 16.9 Å². The van der Waals surface area contributed by atoms with Crippen LogP contribution < -0.4 is 26.4 Å². The van der Waals surface area contributed by atoms with Gasteiger partial charge in [-0.3, -0.25) is 24.6 Å². The predicted octanol–water partition coefficient (Wildman–Crippen LogP) is 6.25. The quantitative estimate of drug-likeness (QED) is 0.0408. The van der Waals surface area contributed by atoms with Crippen LogP contribution in [0.4, 0.5) is 19.5 Å². The number of piperazine rings is 1. The molecule has 6 amide bonds. The van der Waals surface area contributed by atoms with Gasteiger partial charge in [-0.1, -0.05) is 19.9 Å². The van der Waals surface area contributed by atoms with Gasteiger partial charge in [0.1, 0.15) is 22.4 Å². The Morgan fingerprint density at radius 3 is 2.23 bits per heavy atom. The van der Waals surface area contributed by atoms with Crippen molar-refractivity contribution in [2.75, 3.05) is 37.2 Å². The molecule has 2 aromatic rings. The first kappa shape index (κ1) is 54.4. The average molecular weight is 1010 g/mol. The molecule has 6 atom stereocenters. The first-order valence-electron chi connectivity index (χ1n) is 23.6. The van der Waals surface area contributed by atoms with Crippen LogP contribution in [0.25, 0.3) is 0 Å². The fourth-order valence-electron chi connectivity index (χ4n) is 9.35. The van der Waals surface area contributed by atoms with E-state index in [1.54, 1.807) is 81.4 Å². The van der Waals surface area contributed by atoms with Crippen molar-refractivity contribution >= 4 is 77.3 Å². The zero-order chi connectivity index (χ0) is 51.9. The minimum atomic E-state index is -1.65. The average Bonchev–Trinajstić information content (AvgIpc) is 3.84. The number of ether oxygens (including phenoxy) is 4. The number of aromatic nitrogens is 1. The Morgan fingerprint density at radius 2 is 1.61 bits per heavy atom. The van der Waals surface area contributed by atoms with E-state index in [0.717, 1.165) is 22.7 Å². The molecule has 2 aliphatic heterocycles. The zero-order valence-electron chi connectivity index (χ0n) is 42.4. The minimum absolute atomic E-state index is 0.0305. The fourth-order valence-corrected chi connectivity index (χ4v) is 10.9. The molecule has 70 heavy (non-hydrogen) atoms. The topological polar surface area (TPSA) is 256 Å². The Bertz CT molecular complexity index is 2360. The molecule has 1 aromatic heterocycles. The van der Waals surface area contributed by atoms with Gasteiger partial charge in [-0.25, -0.2) is 24.2 Å². The van der Waals surface area contributed by atoms with E-state index in [1.807, 2.05) is 6.92 Å². The van der Waals surface area contributed by atoms with Crippen LogP contribution in [0.2, 0.25) is 0 Å². The lowest BCUT2D eigenvalue weighted by Gasteiger charge is -2.64. The lowest BCUT2D eigenvalue weighted by Crippen LogP contribution is -2.65. The van der Waals surface area contributed by atoms with Crippen LogP contribution in [0, 0.1) is 17.3 Å². The van der Waals surface area contributed by atoms with Crippen molar-refractivity contribution < 1.29 is 61.8 Å². The number of carbonyl (C=O) groups excluding carboxylic acids is 7. The van der Waals surface area contributed by atoms with Gasteiger partial charge in [-0.2, -0.15) is 0 Å². The molecule has 5 N–H and O–H groups in total. The predicted molar refractivity (Wildman–Crippen MR) is 261 cm³/mol. The van der Waals surface area contributed by atoms with Crippen molar-refractivity contribution in [3.05, 3.63) is 34.3 Å². The standard InChI is InChI=1S/C47H68BN7O13S2/c1-14-54-18-19-55(37(58)36(54)57)40(60)52-33(27-24-70-39(50-27)53-41(61)65-44(5,6)7)35(56)51-31(48-67-30-23-26-22-29(46(26,11)12)47(30,13)68-48)21-25-15-16-28(69-20-17-49)32(38(59)64-43(2,3)4)34(25)63-42(62)66-45(8,9)10/h15-16,24,26,29-31,33H,14,17-23,49H2,1-13H3,(H,51,56)(H,52,60)(H,50,53,61)/t26-,29-,30+,31-,33?,47-/m0/s1. The number of carbonyl (C=O) groups is 7. The molecule has 20 nitrogen and oxygen atoms in total. The van der Waals surface area contributed by atoms with Crippen LogP contribution in [0.15, 0.2) is 22.4 Å². The largest absolute Gasteiger partial charge is 0.514 e. The summed E-state index contributed by atoms with van der Waals surface area (Å²) in [4.78, 5) is 103. The van der Waals surface area contributed by atoms with E-state index in [-0.39, 0.29) is 77.7 Å². The monoisotopic (exact) mass is 1010 g/mol. The molecule has 384 valence electrons. The van der Waals surface area contributed by atoms with Crippen molar-refractivity contribution in [3.8, 4) is 5.75 Å². The number of benzene rings is 1. The molecule has 5 fully saturated rings. The molecule has 7 rings (SSSR count). The molecule has 2 bridgehead atoms. The van der Waals surface area contributed by atoms with E-state index < -0.39 is 83.5 Å². The minimum Gasteiger partial charge on any atom is -0.456 e. The highest BCUT2D eigenvalue weighted by Crippen LogP contribution is 2.65.